The molecule has 34 heteroatoms. The normalized spacial score (nSPS) is 15.5. The summed E-state index contributed by atoms with van der Waals surface area (Å²) in [7, 11) is -31.1. The van der Waals surface area contributed by atoms with Crippen LogP contribution in [0.3, 0.4) is 0 Å². The summed E-state index contributed by atoms with van der Waals surface area (Å²) in [4.78, 5) is 9.52. The third-order valence-corrected chi connectivity index (χ3v) is 19.1. The van der Waals surface area contributed by atoms with Crippen molar-refractivity contribution >= 4 is 111 Å². The summed E-state index contributed by atoms with van der Waals surface area (Å²) in [6.07, 6.45) is 6.62. The van der Waals surface area contributed by atoms with E-state index >= 15 is 0 Å². The second kappa shape index (κ2) is 31.5. The van der Waals surface area contributed by atoms with Crippen molar-refractivity contribution in [3.63, 3.8) is 0 Å². The van der Waals surface area contributed by atoms with Gasteiger partial charge in [0.2, 0.25) is 11.6 Å². The van der Waals surface area contributed by atoms with Crippen molar-refractivity contribution in [2.24, 2.45) is 0 Å². The van der Waals surface area contributed by atoms with Crippen molar-refractivity contribution in [2.75, 3.05) is 42.6 Å². The maximum Gasteiger partial charge on any atom is 1.00 e. The van der Waals surface area contributed by atoms with Crippen LogP contribution in [0.15, 0.2) is 135 Å². The molecule has 0 aliphatic carbocycles. The molecule has 5 aromatic carbocycles. The fourth-order valence-electron chi connectivity index (χ4n) is 10.5. The zero-order chi connectivity index (χ0) is 60.9. The maximum atomic E-state index is 12.6. The SMILES string of the molecule is C=C(C)C(=O)NCCCNCc1ccc(C(=C\C=C2/N(CCCS(=O)(=O)[O-])c3ccc4c(S(=O)(=O)[O-])cc(S(=O)(=O)[O-])cc4c3C2(C)C)/C=C/C2=[N+](CCCS(=O)(=O)[O-])c3ccc4c(S(=O)(=O)[O-])cc(S(=O)(=O)[O-])cc4c3C2(C)C)cc1.[Na+].[Na+].[Na+].[Na+].[Na+]. The van der Waals surface area contributed by atoms with Gasteiger partial charge in [-0.05, 0) is 127 Å². The number of nitrogens with one attached hydrogen (secondary N) is 2. The smallest absolute Gasteiger partial charge is 0.748 e. The molecule has 23 nitrogen and oxygen atoms in total. The third kappa shape index (κ3) is 19.8. The van der Waals surface area contributed by atoms with E-state index in [1.807, 2.05) is 12.1 Å². The van der Waals surface area contributed by atoms with Gasteiger partial charge in [0.05, 0.1) is 45.2 Å². The van der Waals surface area contributed by atoms with Crippen LogP contribution < -0.4 is 163 Å². The number of hydrogen-bond acceptors (Lipinski definition) is 21. The second-order valence-corrected chi connectivity index (χ2v) is 29.2. The Morgan fingerprint density at radius 1 is 0.609 bits per heavy atom. The molecule has 0 fully saturated rings. The second-order valence-electron chi connectivity index (χ2n) is 20.7. The Labute approximate surface area is 618 Å². The van der Waals surface area contributed by atoms with E-state index in [0.717, 1.165) is 17.7 Å². The molecule has 2 aliphatic heterocycles. The topological polar surface area (TPSA) is 391 Å². The van der Waals surface area contributed by atoms with Crippen molar-refractivity contribution in [3.05, 3.63) is 137 Å². The van der Waals surface area contributed by atoms with Gasteiger partial charge in [0.15, 0.2) is 5.71 Å². The van der Waals surface area contributed by atoms with Crippen LogP contribution >= 0.6 is 0 Å². The largest absolute Gasteiger partial charge is 1.00 e. The van der Waals surface area contributed by atoms with Crippen LogP contribution in [-0.2, 0) is 82.9 Å². The van der Waals surface area contributed by atoms with Crippen molar-refractivity contribution in [2.45, 2.75) is 90.8 Å². The van der Waals surface area contributed by atoms with Crippen LogP contribution in [-0.4, -0.2) is 132 Å². The molecular formula is C53H55N4Na5O19S6. The summed E-state index contributed by atoms with van der Waals surface area (Å²) in [6.45, 7) is 12.8. The van der Waals surface area contributed by atoms with Crippen LogP contribution in [0, 0.1) is 0 Å². The van der Waals surface area contributed by atoms with Gasteiger partial charge in [0, 0.05) is 83.0 Å². The quantitative estimate of drug-likeness (QED) is 0.0153. The van der Waals surface area contributed by atoms with Crippen molar-refractivity contribution in [1.82, 2.24) is 10.6 Å². The van der Waals surface area contributed by atoms with E-state index in [9.17, 15) is 82.6 Å². The van der Waals surface area contributed by atoms with E-state index in [2.05, 4.69) is 17.2 Å². The first kappa shape index (κ1) is 82.0. The van der Waals surface area contributed by atoms with E-state index in [4.69, 9.17) is 0 Å². The van der Waals surface area contributed by atoms with Crippen molar-refractivity contribution in [1.29, 1.82) is 0 Å². The zero-order valence-electron chi connectivity index (χ0n) is 49.6. The van der Waals surface area contributed by atoms with Crippen molar-refractivity contribution < 1.29 is 235 Å². The number of rotatable bonds is 23. The molecule has 1 amide bonds. The molecule has 0 saturated carbocycles. The molecule has 0 atom stereocenters. The minimum absolute atomic E-state index is 0. The maximum absolute atomic E-state index is 12.6. The number of benzene rings is 5. The van der Waals surface area contributed by atoms with E-state index in [1.165, 1.54) is 24.3 Å². The molecular weight excluding hydrogens is 1300 g/mol. The molecule has 5 aromatic rings. The summed E-state index contributed by atoms with van der Waals surface area (Å²) in [5.74, 6) is -1.91. The van der Waals surface area contributed by atoms with Gasteiger partial charge < -0.3 is 42.8 Å². The Morgan fingerprint density at radius 2 is 1.11 bits per heavy atom. The van der Waals surface area contributed by atoms with E-state index in [-0.39, 0.29) is 224 Å². The summed E-state index contributed by atoms with van der Waals surface area (Å²) in [6, 6.07) is 15.3. The number of fused-ring (bicyclic) bond motifs is 6. The van der Waals surface area contributed by atoms with Crippen LogP contribution in [0.2, 0.25) is 0 Å². The van der Waals surface area contributed by atoms with E-state index < -0.39 is 103 Å². The average Bonchev–Trinajstić information content (AvgIpc) is 1.86. The predicted octanol–water partition coefficient (Wildman–Crippen LogP) is -10.6. The molecule has 0 saturated heterocycles. The number of allylic oxidation sites excluding steroid dienone is 6. The summed E-state index contributed by atoms with van der Waals surface area (Å²) in [5.41, 5.74) is 1.20. The molecule has 0 radical (unpaired) electrons. The predicted molar refractivity (Wildman–Crippen MR) is 297 cm³/mol. The Balaban J connectivity index is 0.00000516. The van der Waals surface area contributed by atoms with Crippen LogP contribution in [0.25, 0.3) is 27.1 Å². The van der Waals surface area contributed by atoms with Crippen LogP contribution in [0.1, 0.15) is 76.1 Å². The standard InChI is InChI=1S/C53H60N4O19S6.5Na/c1-33(2)51(58)55-23-7-22-54-32-34-10-12-35(13-11-34)36(14-20-47-52(3,4)49-41-28-37(79(65,66)67)30-45(81(71,72)73)39(41)16-18-43(49)56(47)24-8-26-77(59,60)61)15-21-48-53(5,6)50-42-29-38(80(68,69)70)31-46(82(74,75)76)40(42)17-19-44(50)57(48)25-9-27-78(62,63)64;;;;;/h10-21,28-31,54H,1,7-9,22-27,32H2,2-6H3,(H6-,55,58,59,60,61,62,63,64,65,66,67,68,69,70,71,72,73,74,75,76);;;;;/q;5*+1/p-5. The summed E-state index contributed by atoms with van der Waals surface area (Å²) < 4.78 is 224. The Bertz CT molecular complexity index is 4350. The number of amides is 1. The molecule has 2 heterocycles. The molecule has 87 heavy (non-hydrogen) atoms. The van der Waals surface area contributed by atoms with Gasteiger partial charge in [0.25, 0.3) is 0 Å². The first-order valence-electron chi connectivity index (χ1n) is 24.9. The first-order valence-corrected chi connectivity index (χ1v) is 33.7. The summed E-state index contributed by atoms with van der Waals surface area (Å²) >= 11 is 0. The molecule has 0 spiro atoms. The fraction of sp³-hybridized carbons (Fsp3) is 0.321. The number of anilines is 1. The Morgan fingerprint density at radius 3 is 1.61 bits per heavy atom. The number of carbonyl (C=O) groups is 1. The van der Waals surface area contributed by atoms with E-state index in [0.29, 0.717) is 66.3 Å². The van der Waals surface area contributed by atoms with Crippen molar-refractivity contribution in [3.8, 4) is 0 Å². The van der Waals surface area contributed by atoms with Gasteiger partial charge in [-0.2, -0.15) is 4.58 Å². The van der Waals surface area contributed by atoms with Crippen LogP contribution in [0.4, 0.5) is 11.4 Å². The molecule has 7 rings (SSSR count). The van der Waals surface area contributed by atoms with Crippen LogP contribution in [0.5, 0.6) is 0 Å². The molecule has 442 valence electrons. The number of carbonyl (C=O) groups excluding carboxylic acids is 1. The molecule has 2 N–H and O–H groups in total. The molecule has 0 aromatic heterocycles. The number of nitrogens with zero attached hydrogens (tertiary/aromatic N) is 2. The minimum Gasteiger partial charge on any atom is -0.748 e. The minimum atomic E-state index is -5.42. The monoisotopic (exact) mass is 1360 g/mol. The van der Waals surface area contributed by atoms with Gasteiger partial charge in [-0.15, -0.1) is 0 Å². The van der Waals surface area contributed by atoms with Gasteiger partial charge in [-0.25, -0.2) is 50.5 Å². The average molecular weight is 1360 g/mol. The van der Waals surface area contributed by atoms with Gasteiger partial charge in [0.1, 0.15) is 47.0 Å². The number of hydrogen-bond donors (Lipinski definition) is 2. The molecule has 0 bridgehead atoms. The van der Waals surface area contributed by atoms with Gasteiger partial charge >= 0.3 is 148 Å². The summed E-state index contributed by atoms with van der Waals surface area (Å²) in [5, 5.41) is 5.40. The zero-order valence-corrected chi connectivity index (χ0v) is 64.5. The first-order chi connectivity index (χ1) is 37.7. The molecule has 2 aliphatic rings. The third-order valence-electron chi connectivity index (χ3n) is 14.1. The molecule has 0 unspecified atom stereocenters. The van der Waals surface area contributed by atoms with E-state index in [1.54, 1.807) is 80.5 Å². The Kier molecular flexibility index (Phi) is 29.7. The van der Waals surface area contributed by atoms with Gasteiger partial charge in [-0.1, -0.05) is 56.8 Å². The Hall–Kier alpha value is -1.06. The van der Waals surface area contributed by atoms with Gasteiger partial charge in [-0.3, -0.25) is 4.79 Å². The fourth-order valence-corrected chi connectivity index (χ4v) is 14.1.